The van der Waals surface area contributed by atoms with Crippen molar-refractivity contribution in [2.75, 3.05) is 11.5 Å². The quantitative estimate of drug-likeness (QED) is 0.919. The Morgan fingerprint density at radius 3 is 2.38 bits per heavy atom. The number of benzene rings is 1. The summed E-state index contributed by atoms with van der Waals surface area (Å²) in [6, 6.07) is 5.18. The van der Waals surface area contributed by atoms with Gasteiger partial charge in [-0.25, -0.2) is 8.42 Å². The molecule has 1 fully saturated rings. The zero-order valence-corrected chi connectivity index (χ0v) is 11.8. The van der Waals surface area contributed by atoms with Crippen LogP contribution in [0.25, 0.3) is 0 Å². The molecule has 2 rings (SSSR count). The molecular weight excluding hydrogens is 309 g/mol. The second-order valence-corrected chi connectivity index (χ2v) is 7.36. The maximum atomic E-state index is 12.0. The van der Waals surface area contributed by atoms with Crippen molar-refractivity contribution < 1.29 is 31.4 Å². The van der Waals surface area contributed by atoms with Crippen LogP contribution in [0, 0.1) is 5.92 Å². The number of hydrogen-bond acceptors (Lipinski definition) is 4. The van der Waals surface area contributed by atoms with E-state index in [9.17, 15) is 26.7 Å². The lowest BCUT2D eigenvalue weighted by Gasteiger charge is -2.17. The maximum Gasteiger partial charge on any atom is 0.573 e. The highest BCUT2D eigenvalue weighted by molar-refractivity contribution is 7.91. The molecule has 1 N–H and O–H groups in total. The summed E-state index contributed by atoms with van der Waals surface area (Å²) < 4.78 is 62.5. The lowest BCUT2D eigenvalue weighted by atomic mass is 9.96. The van der Waals surface area contributed by atoms with Gasteiger partial charge in [-0.3, -0.25) is 0 Å². The van der Waals surface area contributed by atoms with Gasteiger partial charge in [0.2, 0.25) is 0 Å². The van der Waals surface area contributed by atoms with Crippen molar-refractivity contribution in [1.82, 2.24) is 0 Å². The molecule has 0 aromatic heterocycles. The summed E-state index contributed by atoms with van der Waals surface area (Å²) in [5.74, 6) is -0.610. The Balaban J connectivity index is 1.94. The first-order valence-corrected chi connectivity index (χ1v) is 8.20. The number of halogens is 3. The van der Waals surface area contributed by atoms with Gasteiger partial charge in [0.15, 0.2) is 9.84 Å². The minimum atomic E-state index is -4.74. The fourth-order valence-corrected chi connectivity index (χ4v) is 4.23. The monoisotopic (exact) mass is 324 g/mol. The SMILES string of the molecule is O=S1(=O)CCC(C(O)Cc2ccc(OC(F)(F)F)cc2)C1. The third kappa shape index (κ3) is 4.89. The third-order valence-electron chi connectivity index (χ3n) is 3.41. The van der Waals surface area contributed by atoms with Crippen LogP contribution in [0.3, 0.4) is 0 Å². The average molecular weight is 324 g/mol. The Kier molecular flexibility index (Phi) is 4.48. The molecule has 2 atom stereocenters. The van der Waals surface area contributed by atoms with Crippen molar-refractivity contribution in [3.63, 3.8) is 0 Å². The second-order valence-electron chi connectivity index (χ2n) is 5.13. The summed E-state index contributed by atoms with van der Waals surface area (Å²) in [7, 11) is -3.06. The largest absolute Gasteiger partial charge is 0.573 e. The van der Waals surface area contributed by atoms with Gasteiger partial charge in [-0.05, 0) is 30.5 Å². The van der Waals surface area contributed by atoms with Crippen LogP contribution in [0.4, 0.5) is 13.2 Å². The molecule has 1 aliphatic heterocycles. The van der Waals surface area contributed by atoms with E-state index >= 15 is 0 Å². The third-order valence-corrected chi connectivity index (χ3v) is 5.21. The number of ether oxygens (including phenoxy) is 1. The molecule has 2 unspecified atom stereocenters. The van der Waals surface area contributed by atoms with Crippen molar-refractivity contribution in [2.24, 2.45) is 5.92 Å². The summed E-state index contributed by atoms with van der Waals surface area (Å²) >= 11 is 0. The first kappa shape index (κ1) is 16.1. The normalized spacial score (nSPS) is 23.0. The molecule has 1 aromatic carbocycles. The maximum absolute atomic E-state index is 12.0. The first-order valence-electron chi connectivity index (χ1n) is 6.38. The van der Waals surface area contributed by atoms with Crippen LogP contribution in [0.1, 0.15) is 12.0 Å². The lowest BCUT2D eigenvalue weighted by Crippen LogP contribution is -2.24. The van der Waals surface area contributed by atoms with Gasteiger partial charge in [-0.2, -0.15) is 0 Å². The van der Waals surface area contributed by atoms with Crippen LogP contribution in [0.15, 0.2) is 24.3 Å². The highest BCUT2D eigenvalue weighted by atomic mass is 32.2. The molecule has 118 valence electrons. The number of aliphatic hydroxyl groups is 1. The number of rotatable bonds is 4. The molecular formula is C13H15F3O4S. The number of hydrogen-bond donors (Lipinski definition) is 1. The van der Waals surface area contributed by atoms with E-state index in [1.807, 2.05) is 0 Å². The minimum absolute atomic E-state index is 0.0383. The lowest BCUT2D eigenvalue weighted by molar-refractivity contribution is -0.274. The molecule has 1 heterocycles. The van der Waals surface area contributed by atoms with E-state index in [0.29, 0.717) is 12.0 Å². The van der Waals surface area contributed by atoms with E-state index in [2.05, 4.69) is 4.74 Å². The Morgan fingerprint density at radius 1 is 1.29 bits per heavy atom. The molecule has 1 saturated heterocycles. The Labute approximate surface area is 120 Å². The summed E-state index contributed by atoms with van der Waals surface area (Å²) in [4.78, 5) is 0. The Hall–Kier alpha value is -1.28. The smallest absolute Gasteiger partial charge is 0.406 e. The van der Waals surface area contributed by atoms with E-state index in [0.717, 1.165) is 0 Å². The average Bonchev–Trinajstić information content (AvgIpc) is 2.70. The van der Waals surface area contributed by atoms with Gasteiger partial charge in [-0.15, -0.1) is 13.2 Å². The van der Waals surface area contributed by atoms with Gasteiger partial charge in [0.1, 0.15) is 5.75 Å². The predicted octanol–water partition coefficient (Wildman–Crippen LogP) is 1.92. The zero-order chi connectivity index (χ0) is 15.7. The van der Waals surface area contributed by atoms with E-state index in [-0.39, 0.29) is 29.6 Å². The van der Waals surface area contributed by atoms with E-state index in [1.54, 1.807) is 0 Å². The number of sulfone groups is 1. The van der Waals surface area contributed by atoms with Crippen LogP contribution < -0.4 is 4.74 Å². The molecule has 4 nitrogen and oxygen atoms in total. The van der Waals surface area contributed by atoms with Crippen LogP contribution in [0.2, 0.25) is 0 Å². The van der Waals surface area contributed by atoms with Gasteiger partial charge < -0.3 is 9.84 Å². The van der Waals surface area contributed by atoms with Gasteiger partial charge in [0, 0.05) is 5.92 Å². The van der Waals surface area contributed by atoms with Crippen molar-refractivity contribution in [2.45, 2.75) is 25.3 Å². The molecule has 21 heavy (non-hydrogen) atoms. The fraction of sp³-hybridized carbons (Fsp3) is 0.538. The molecule has 0 spiro atoms. The predicted molar refractivity (Wildman–Crippen MR) is 69.6 cm³/mol. The van der Waals surface area contributed by atoms with E-state index < -0.39 is 22.3 Å². The van der Waals surface area contributed by atoms with Crippen LogP contribution in [-0.2, 0) is 16.3 Å². The van der Waals surface area contributed by atoms with Crippen LogP contribution >= 0.6 is 0 Å². The van der Waals surface area contributed by atoms with Crippen molar-refractivity contribution in [3.8, 4) is 5.75 Å². The topological polar surface area (TPSA) is 63.6 Å². The summed E-state index contributed by atoms with van der Waals surface area (Å²) in [6.07, 6.45) is -4.94. The van der Waals surface area contributed by atoms with E-state index in [1.165, 1.54) is 24.3 Å². The summed E-state index contributed by atoms with van der Waals surface area (Å²) in [5.41, 5.74) is 0.626. The molecule has 0 radical (unpaired) electrons. The molecule has 8 heteroatoms. The number of aliphatic hydroxyl groups excluding tert-OH is 1. The van der Waals surface area contributed by atoms with Gasteiger partial charge in [-0.1, -0.05) is 12.1 Å². The Bertz CT molecular complexity index is 580. The summed E-state index contributed by atoms with van der Waals surface area (Å²) in [5, 5.41) is 10.0. The molecule has 1 aromatic rings. The van der Waals surface area contributed by atoms with Gasteiger partial charge in [0.05, 0.1) is 17.6 Å². The van der Waals surface area contributed by atoms with Gasteiger partial charge in [0.25, 0.3) is 0 Å². The molecule has 0 saturated carbocycles. The molecule has 0 amide bonds. The zero-order valence-electron chi connectivity index (χ0n) is 11.0. The highest BCUT2D eigenvalue weighted by Crippen LogP contribution is 2.26. The molecule has 0 bridgehead atoms. The minimum Gasteiger partial charge on any atom is -0.406 e. The van der Waals surface area contributed by atoms with Crippen molar-refractivity contribution in [1.29, 1.82) is 0 Å². The van der Waals surface area contributed by atoms with Crippen molar-refractivity contribution in [3.05, 3.63) is 29.8 Å². The Morgan fingerprint density at radius 2 is 1.90 bits per heavy atom. The second kappa shape index (κ2) is 5.84. The standard InChI is InChI=1S/C13H15F3O4S/c14-13(15,16)20-11-3-1-9(2-4-11)7-12(17)10-5-6-21(18,19)8-10/h1-4,10,12,17H,5-8H2. The van der Waals surface area contributed by atoms with Crippen LogP contribution in [-0.4, -0.2) is 37.5 Å². The fourth-order valence-electron chi connectivity index (χ4n) is 2.36. The van der Waals surface area contributed by atoms with Gasteiger partial charge >= 0.3 is 6.36 Å². The highest BCUT2D eigenvalue weighted by Gasteiger charge is 2.33. The first-order chi connectivity index (χ1) is 9.65. The molecule has 0 aliphatic carbocycles. The van der Waals surface area contributed by atoms with E-state index in [4.69, 9.17) is 0 Å². The number of alkyl halides is 3. The molecule has 1 aliphatic rings. The van der Waals surface area contributed by atoms with Crippen LogP contribution in [0.5, 0.6) is 5.75 Å². The summed E-state index contributed by atoms with van der Waals surface area (Å²) in [6.45, 7) is 0. The van der Waals surface area contributed by atoms with Crippen molar-refractivity contribution >= 4 is 9.84 Å².